The standard InChI is InChI=1S/C24H26ClN5O2S/c1-28(2)9-10-29(3)24(32)19-13-16(14-30(19)4)26-22(20-6-5-11-33-20)21-17-8-7-15(25)12-18(17)27-23(21)31/h5-8,11-14,27,31H,9-10H2,1-4H3. The number of nitrogens with zero attached hydrogens (tertiary/aromatic N) is 4. The van der Waals surface area contributed by atoms with Gasteiger partial charge >= 0.3 is 0 Å². The summed E-state index contributed by atoms with van der Waals surface area (Å²) < 4.78 is 1.79. The molecule has 3 aromatic heterocycles. The average molecular weight is 484 g/mol. The lowest BCUT2D eigenvalue weighted by Crippen LogP contribution is -2.34. The van der Waals surface area contributed by atoms with E-state index in [1.165, 1.54) is 11.3 Å². The van der Waals surface area contributed by atoms with Gasteiger partial charge in [-0.2, -0.15) is 0 Å². The summed E-state index contributed by atoms with van der Waals surface area (Å²) in [6.07, 6.45) is 1.82. The second-order valence-corrected chi connectivity index (χ2v) is 9.58. The van der Waals surface area contributed by atoms with Gasteiger partial charge in [-0.15, -0.1) is 11.3 Å². The summed E-state index contributed by atoms with van der Waals surface area (Å²) in [5, 5.41) is 14.1. The van der Waals surface area contributed by atoms with Crippen molar-refractivity contribution in [3.63, 3.8) is 0 Å². The molecule has 0 spiro atoms. The number of carbonyl (C=O) groups excluding carboxylic acids is 1. The smallest absolute Gasteiger partial charge is 0.270 e. The number of carbonyl (C=O) groups is 1. The molecule has 0 radical (unpaired) electrons. The van der Waals surface area contributed by atoms with Crippen LogP contribution in [0.1, 0.15) is 20.9 Å². The second kappa shape index (κ2) is 9.43. The molecule has 9 heteroatoms. The van der Waals surface area contributed by atoms with Crippen LogP contribution in [-0.4, -0.2) is 70.3 Å². The SMILES string of the molecule is CN(C)CCN(C)C(=O)c1cc(N=C(c2cccs2)c2c(O)[nH]c3cc(Cl)ccc23)cn1C. The normalized spacial score (nSPS) is 12.1. The number of likely N-dealkylation sites (N-methyl/N-ethyl adjacent to an activating group) is 2. The van der Waals surface area contributed by atoms with Crippen LogP contribution in [-0.2, 0) is 7.05 Å². The van der Waals surface area contributed by atoms with E-state index in [0.717, 1.165) is 22.3 Å². The van der Waals surface area contributed by atoms with E-state index in [9.17, 15) is 9.90 Å². The Morgan fingerprint density at radius 2 is 2.00 bits per heavy atom. The van der Waals surface area contributed by atoms with Gasteiger partial charge in [0.15, 0.2) is 5.88 Å². The molecule has 3 heterocycles. The van der Waals surface area contributed by atoms with Crippen molar-refractivity contribution >= 4 is 51.1 Å². The molecule has 0 fully saturated rings. The number of hydrogen-bond donors (Lipinski definition) is 2. The summed E-state index contributed by atoms with van der Waals surface area (Å²) in [4.78, 5) is 25.5. The van der Waals surface area contributed by atoms with E-state index in [1.54, 1.807) is 34.7 Å². The minimum Gasteiger partial charge on any atom is -0.494 e. The number of aromatic nitrogens is 2. The number of amides is 1. The minimum absolute atomic E-state index is 0.0232. The van der Waals surface area contributed by atoms with E-state index >= 15 is 0 Å². The topological polar surface area (TPSA) is 76.9 Å². The molecule has 0 saturated carbocycles. The van der Waals surface area contributed by atoms with Crippen molar-refractivity contribution < 1.29 is 9.90 Å². The van der Waals surface area contributed by atoms with Crippen LogP contribution in [0.4, 0.5) is 5.69 Å². The summed E-state index contributed by atoms with van der Waals surface area (Å²) >= 11 is 7.66. The average Bonchev–Trinajstić information content (AvgIpc) is 3.48. The number of H-pyrrole nitrogens is 1. The first kappa shape index (κ1) is 23.1. The molecule has 1 aromatic carbocycles. The molecule has 0 aliphatic carbocycles. The van der Waals surface area contributed by atoms with Gasteiger partial charge in [-0.25, -0.2) is 4.99 Å². The van der Waals surface area contributed by atoms with E-state index < -0.39 is 0 Å². The maximum atomic E-state index is 13.0. The van der Waals surface area contributed by atoms with E-state index in [2.05, 4.69) is 4.98 Å². The first-order valence-corrected chi connectivity index (χ1v) is 11.7. The van der Waals surface area contributed by atoms with Crippen LogP contribution >= 0.6 is 22.9 Å². The number of nitrogens with one attached hydrogen (secondary N) is 1. The highest BCUT2D eigenvalue weighted by atomic mass is 35.5. The van der Waals surface area contributed by atoms with E-state index in [1.807, 2.05) is 55.8 Å². The number of rotatable bonds is 7. The Kier molecular flexibility index (Phi) is 6.60. The molecule has 1 amide bonds. The maximum absolute atomic E-state index is 13.0. The molecular weight excluding hydrogens is 458 g/mol. The lowest BCUT2D eigenvalue weighted by atomic mass is 10.1. The van der Waals surface area contributed by atoms with Crippen molar-refractivity contribution in [1.82, 2.24) is 19.4 Å². The van der Waals surface area contributed by atoms with Crippen LogP contribution in [0.2, 0.25) is 5.02 Å². The van der Waals surface area contributed by atoms with E-state index in [0.29, 0.717) is 34.2 Å². The Labute approximate surface area is 201 Å². The van der Waals surface area contributed by atoms with Crippen molar-refractivity contribution in [3.8, 4) is 5.88 Å². The van der Waals surface area contributed by atoms with Crippen molar-refractivity contribution in [2.45, 2.75) is 0 Å². The number of hydrogen-bond acceptors (Lipinski definition) is 5. The highest BCUT2D eigenvalue weighted by Gasteiger charge is 2.21. The highest BCUT2D eigenvalue weighted by molar-refractivity contribution is 7.12. The largest absolute Gasteiger partial charge is 0.494 e. The van der Waals surface area contributed by atoms with Gasteiger partial charge in [-0.05, 0) is 43.7 Å². The Hall–Kier alpha value is -3.07. The third-order valence-corrected chi connectivity index (χ3v) is 6.52. The number of aryl methyl sites for hydroxylation is 1. The maximum Gasteiger partial charge on any atom is 0.270 e. The lowest BCUT2D eigenvalue weighted by Gasteiger charge is -2.19. The predicted molar refractivity (Wildman–Crippen MR) is 136 cm³/mol. The minimum atomic E-state index is -0.0666. The summed E-state index contributed by atoms with van der Waals surface area (Å²) in [5.74, 6) is -0.0434. The number of fused-ring (bicyclic) bond motifs is 1. The number of halogens is 1. The molecular formula is C24H26ClN5O2S. The Morgan fingerprint density at radius 3 is 2.70 bits per heavy atom. The lowest BCUT2D eigenvalue weighted by molar-refractivity contribution is 0.0777. The summed E-state index contributed by atoms with van der Waals surface area (Å²) in [5.41, 5.74) is 3.14. The molecule has 0 unspecified atom stereocenters. The van der Waals surface area contributed by atoms with Crippen molar-refractivity contribution in [3.05, 3.63) is 69.1 Å². The fourth-order valence-electron chi connectivity index (χ4n) is 3.64. The van der Waals surface area contributed by atoms with Gasteiger partial charge in [0.2, 0.25) is 0 Å². The number of thiophene rings is 1. The Morgan fingerprint density at radius 1 is 1.21 bits per heavy atom. The van der Waals surface area contributed by atoms with Crippen molar-refractivity contribution in [2.24, 2.45) is 12.0 Å². The molecule has 4 aromatic rings. The zero-order valence-electron chi connectivity index (χ0n) is 19.0. The summed E-state index contributed by atoms with van der Waals surface area (Å²) in [6.45, 7) is 1.41. The fourth-order valence-corrected chi connectivity index (χ4v) is 4.53. The van der Waals surface area contributed by atoms with Crippen LogP contribution in [0, 0.1) is 0 Å². The van der Waals surface area contributed by atoms with E-state index in [4.69, 9.17) is 16.6 Å². The quantitative estimate of drug-likeness (QED) is 0.373. The van der Waals surface area contributed by atoms with Crippen LogP contribution < -0.4 is 0 Å². The van der Waals surface area contributed by atoms with Gasteiger partial charge in [-0.1, -0.05) is 23.7 Å². The number of aromatic hydroxyl groups is 1. The molecule has 0 atom stereocenters. The third-order valence-electron chi connectivity index (χ3n) is 5.41. The monoisotopic (exact) mass is 483 g/mol. The van der Waals surface area contributed by atoms with Crippen LogP contribution in [0.15, 0.2) is 53.0 Å². The molecule has 0 saturated heterocycles. The molecule has 172 valence electrons. The molecule has 0 aliphatic heterocycles. The zero-order chi connectivity index (χ0) is 23.7. The zero-order valence-corrected chi connectivity index (χ0v) is 20.5. The first-order valence-electron chi connectivity index (χ1n) is 10.4. The van der Waals surface area contributed by atoms with Gasteiger partial charge in [0.1, 0.15) is 5.69 Å². The molecule has 33 heavy (non-hydrogen) atoms. The van der Waals surface area contributed by atoms with Gasteiger partial charge in [0.25, 0.3) is 5.91 Å². The number of benzene rings is 1. The van der Waals surface area contributed by atoms with Crippen molar-refractivity contribution in [1.29, 1.82) is 0 Å². The Balaban J connectivity index is 1.76. The number of aromatic amines is 1. The highest BCUT2D eigenvalue weighted by Crippen LogP contribution is 2.34. The van der Waals surface area contributed by atoms with E-state index in [-0.39, 0.29) is 11.8 Å². The van der Waals surface area contributed by atoms with Gasteiger partial charge < -0.3 is 24.5 Å². The van der Waals surface area contributed by atoms with Gasteiger partial charge in [-0.3, -0.25) is 4.79 Å². The van der Waals surface area contributed by atoms with Crippen molar-refractivity contribution in [2.75, 3.05) is 34.2 Å². The first-order chi connectivity index (χ1) is 15.7. The third kappa shape index (κ3) is 4.83. The molecule has 0 aliphatic rings. The van der Waals surface area contributed by atoms with Crippen LogP contribution in [0.3, 0.4) is 0 Å². The summed E-state index contributed by atoms with van der Waals surface area (Å²) in [7, 11) is 7.59. The molecule has 0 bridgehead atoms. The molecule has 2 N–H and O–H groups in total. The Bertz CT molecular complexity index is 1320. The van der Waals surface area contributed by atoms with Crippen LogP contribution in [0.5, 0.6) is 5.88 Å². The molecule has 4 rings (SSSR count). The van der Waals surface area contributed by atoms with Gasteiger partial charge in [0.05, 0.1) is 27.4 Å². The number of aliphatic imine (C=N–C) groups is 1. The second-order valence-electron chi connectivity index (χ2n) is 8.20. The summed E-state index contributed by atoms with van der Waals surface area (Å²) in [6, 6.07) is 11.1. The van der Waals surface area contributed by atoms with Gasteiger partial charge in [0, 0.05) is 43.8 Å². The fraction of sp³-hybridized carbons (Fsp3) is 0.250. The predicted octanol–water partition coefficient (Wildman–Crippen LogP) is 4.73. The molecule has 7 nitrogen and oxygen atoms in total. The van der Waals surface area contributed by atoms with Crippen LogP contribution in [0.25, 0.3) is 10.9 Å².